The van der Waals surface area contributed by atoms with E-state index in [9.17, 15) is 5.11 Å². The predicted molar refractivity (Wildman–Crippen MR) is 98.3 cm³/mol. The molecule has 1 atom stereocenters. The second kappa shape index (κ2) is 8.91. The zero-order valence-corrected chi connectivity index (χ0v) is 14.9. The van der Waals surface area contributed by atoms with E-state index >= 15 is 0 Å². The van der Waals surface area contributed by atoms with Crippen molar-refractivity contribution in [3.05, 3.63) is 56.7 Å². The van der Waals surface area contributed by atoms with Crippen LogP contribution in [0.5, 0.6) is 0 Å². The Labute approximate surface area is 146 Å². The van der Waals surface area contributed by atoms with Gasteiger partial charge >= 0.3 is 0 Å². The molecule has 1 unspecified atom stereocenters. The van der Waals surface area contributed by atoms with Crippen LogP contribution in [0, 0.1) is 6.92 Å². The third-order valence-electron chi connectivity index (χ3n) is 3.23. The van der Waals surface area contributed by atoms with Gasteiger partial charge in [0.05, 0.1) is 10.9 Å². The van der Waals surface area contributed by atoms with E-state index in [1.54, 1.807) is 6.07 Å². The molecule has 124 valence electrons. The lowest BCUT2D eigenvalue weighted by molar-refractivity contribution is 0.184. The summed E-state index contributed by atoms with van der Waals surface area (Å²) in [4.78, 5) is 5.40. The van der Waals surface area contributed by atoms with Crippen molar-refractivity contribution in [3.8, 4) is 0 Å². The molecule has 2 aromatic rings. The lowest BCUT2D eigenvalue weighted by Gasteiger charge is -2.14. The number of guanidine groups is 1. The van der Waals surface area contributed by atoms with Crippen LogP contribution in [0.4, 0.5) is 0 Å². The molecule has 3 N–H and O–H groups in total. The Balaban J connectivity index is 1.93. The van der Waals surface area contributed by atoms with Gasteiger partial charge in [0.1, 0.15) is 6.10 Å². The van der Waals surface area contributed by atoms with Crippen LogP contribution < -0.4 is 10.6 Å². The Bertz CT molecular complexity index is 657. The van der Waals surface area contributed by atoms with Gasteiger partial charge in [-0.15, -0.1) is 11.3 Å². The van der Waals surface area contributed by atoms with Gasteiger partial charge in [-0.25, -0.2) is 4.99 Å². The molecule has 1 heterocycles. The number of hydrogen-bond acceptors (Lipinski definition) is 3. The van der Waals surface area contributed by atoms with Crippen LogP contribution >= 0.6 is 22.9 Å². The van der Waals surface area contributed by atoms with Crippen molar-refractivity contribution in [2.45, 2.75) is 26.5 Å². The molecule has 0 aliphatic heterocycles. The predicted octanol–water partition coefficient (Wildman–Crippen LogP) is 3.50. The third kappa shape index (κ3) is 5.86. The van der Waals surface area contributed by atoms with Crippen LogP contribution in [0.15, 0.2) is 41.4 Å². The number of hydrogen-bond donors (Lipinski definition) is 3. The van der Waals surface area contributed by atoms with Crippen molar-refractivity contribution in [1.82, 2.24) is 10.6 Å². The molecule has 0 spiro atoms. The molecule has 6 heteroatoms. The first kappa shape index (κ1) is 17.8. The topological polar surface area (TPSA) is 56.7 Å². The van der Waals surface area contributed by atoms with Gasteiger partial charge in [0.15, 0.2) is 5.96 Å². The normalized spacial score (nSPS) is 13.0. The van der Waals surface area contributed by atoms with E-state index in [0.717, 1.165) is 17.0 Å². The molecular weight excluding hydrogens is 330 g/mol. The van der Waals surface area contributed by atoms with E-state index < -0.39 is 6.10 Å². The summed E-state index contributed by atoms with van der Waals surface area (Å²) in [5.41, 5.74) is 2.38. The molecular formula is C17H22ClN3OS. The second-order valence-electron chi connectivity index (χ2n) is 5.22. The summed E-state index contributed by atoms with van der Waals surface area (Å²) < 4.78 is 0.680. The number of benzene rings is 1. The molecule has 2 rings (SSSR count). The molecule has 1 aromatic carbocycles. The summed E-state index contributed by atoms with van der Waals surface area (Å²) in [7, 11) is 0. The third-order valence-corrected chi connectivity index (χ3v) is 4.56. The number of nitrogens with one attached hydrogen (secondary N) is 2. The summed E-state index contributed by atoms with van der Waals surface area (Å²) in [6, 6.07) is 11.9. The van der Waals surface area contributed by atoms with Crippen molar-refractivity contribution in [3.63, 3.8) is 0 Å². The van der Waals surface area contributed by atoms with Gasteiger partial charge in [-0.2, -0.15) is 0 Å². The first-order valence-corrected chi connectivity index (χ1v) is 8.79. The van der Waals surface area contributed by atoms with Gasteiger partial charge in [0, 0.05) is 18.0 Å². The lowest BCUT2D eigenvalue weighted by Crippen LogP contribution is -2.39. The van der Waals surface area contributed by atoms with Crippen molar-refractivity contribution in [2.24, 2.45) is 4.99 Å². The molecule has 0 fully saturated rings. The van der Waals surface area contributed by atoms with E-state index in [2.05, 4.69) is 40.7 Å². The van der Waals surface area contributed by atoms with Crippen LogP contribution in [-0.2, 0) is 6.54 Å². The minimum atomic E-state index is -0.602. The van der Waals surface area contributed by atoms with Crippen molar-refractivity contribution in [1.29, 1.82) is 0 Å². The standard InChI is InChI=1S/C17H22ClN3OS/c1-3-19-17(20-10-13-6-4-5-12(2)9-13)21-11-14(22)15-7-8-16(18)23-15/h4-9,14,22H,3,10-11H2,1-2H3,(H2,19,20,21). The van der Waals surface area contributed by atoms with Gasteiger partial charge in [-0.1, -0.05) is 41.4 Å². The molecule has 4 nitrogen and oxygen atoms in total. The van der Waals surface area contributed by atoms with Crippen LogP contribution in [0.25, 0.3) is 0 Å². The molecule has 0 radical (unpaired) electrons. The summed E-state index contributed by atoms with van der Waals surface area (Å²) >= 11 is 7.29. The number of aliphatic imine (C=N–C) groups is 1. The van der Waals surface area contributed by atoms with Crippen LogP contribution in [0.3, 0.4) is 0 Å². The van der Waals surface area contributed by atoms with Gasteiger partial charge in [0.2, 0.25) is 0 Å². The largest absolute Gasteiger partial charge is 0.386 e. The van der Waals surface area contributed by atoms with Gasteiger partial charge in [-0.3, -0.25) is 0 Å². The van der Waals surface area contributed by atoms with Gasteiger partial charge in [0.25, 0.3) is 0 Å². The minimum Gasteiger partial charge on any atom is -0.386 e. The molecule has 0 saturated carbocycles. The molecule has 0 saturated heterocycles. The number of aryl methyl sites for hydroxylation is 1. The average Bonchev–Trinajstić information content (AvgIpc) is 2.96. The van der Waals surface area contributed by atoms with Crippen LogP contribution in [0.2, 0.25) is 4.34 Å². The fourth-order valence-electron chi connectivity index (χ4n) is 2.12. The van der Waals surface area contributed by atoms with Gasteiger partial charge < -0.3 is 15.7 Å². The van der Waals surface area contributed by atoms with Crippen LogP contribution in [0.1, 0.15) is 29.0 Å². The zero-order valence-electron chi connectivity index (χ0n) is 13.3. The summed E-state index contributed by atoms with van der Waals surface area (Å²) in [6.45, 7) is 5.83. The molecule has 1 aromatic heterocycles. The molecule has 0 aliphatic rings. The van der Waals surface area contributed by atoms with E-state index in [0.29, 0.717) is 23.4 Å². The Kier molecular flexibility index (Phi) is 6.89. The second-order valence-corrected chi connectivity index (χ2v) is 6.97. The SMILES string of the molecule is CCNC(=NCc1cccc(C)c1)NCC(O)c1ccc(Cl)s1. The maximum Gasteiger partial charge on any atom is 0.191 e. The van der Waals surface area contributed by atoms with Crippen LogP contribution in [-0.4, -0.2) is 24.2 Å². The molecule has 0 aliphatic carbocycles. The fourth-order valence-corrected chi connectivity index (χ4v) is 3.17. The molecule has 23 heavy (non-hydrogen) atoms. The van der Waals surface area contributed by atoms with Crippen molar-refractivity contribution < 1.29 is 5.11 Å². The molecule has 0 amide bonds. The molecule has 0 bridgehead atoms. The monoisotopic (exact) mass is 351 g/mol. The Morgan fingerprint density at radius 1 is 1.30 bits per heavy atom. The summed E-state index contributed by atoms with van der Waals surface area (Å²) in [6.07, 6.45) is -0.602. The number of aliphatic hydroxyl groups excluding tert-OH is 1. The average molecular weight is 352 g/mol. The number of aliphatic hydroxyl groups is 1. The summed E-state index contributed by atoms with van der Waals surface area (Å²) in [5.74, 6) is 0.690. The smallest absolute Gasteiger partial charge is 0.191 e. The van der Waals surface area contributed by atoms with E-state index in [1.165, 1.54) is 16.9 Å². The highest BCUT2D eigenvalue weighted by Crippen LogP contribution is 2.26. The van der Waals surface area contributed by atoms with Crippen molar-refractivity contribution >= 4 is 28.9 Å². The highest BCUT2D eigenvalue weighted by Gasteiger charge is 2.10. The lowest BCUT2D eigenvalue weighted by atomic mass is 10.1. The minimum absolute atomic E-state index is 0.385. The Morgan fingerprint density at radius 2 is 2.13 bits per heavy atom. The fraction of sp³-hybridized carbons (Fsp3) is 0.353. The highest BCUT2D eigenvalue weighted by molar-refractivity contribution is 7.16. The van der Waals surface area contributed by atoms with Crippen molar-refractivity contribution in [2.75, 3.05) is 13.1 Å². The highest BCUT2D eigenvalue weighted by atomic mass is 35.5. The number of halogens is 1. The summed E-state index contributed by atoms with van der Waals surface area (Å²) in [5, 5.41) is 16.5. The van der Waals surface area contributed by atoms with Gasteiger partial charge in [-0.05, 0) is 31.5 Å². The maximum atomic E-state index is 10.2. The first-order valence-electron chi connectivity index (χ1n) is 7.59. The zero-order chi connectivity index (χ0) is 16.7. The first-order chi connectivity index (χ1) is 11.1. The number of thiophene rings is 1. The Hall–Kier alpha value is -1.56. The van der Waals surface area contributed by atoms with E-state index in [4.69, 9.17) is 11.6 Å². The maximum absolute atomic E-state index is 10.2. The number of rotatable bonds is 6. The quantitative estimate of drug-likeness (QED) is 0.551. The Morgan fingerprint density at radius 3 is 2.78 bits per heavy atom. The number of nitrogens with zero attached hydrogens (tertiary/aromatic N) is 1. The van der Waals surface area contributed by atoms with E-state index in [-0.39, 0.29) is 0 Å². The van der Waals surface area contributed by atoms with E-state index in [1.807, 2.05) is 19.1 Å².